The standard InChI is InChI=1S/C13H16O5/c1-16-7-8-18-12-5-4-11(17-2)9-10(12)3-6-13(14)15/h3-6,9H,7-8H2,1-2H3,(H,14,15)/b6-3+. The minimum absolute atomic E-state index is 0.400. The molecular weight excluding hydrogens is 236 g/mol. The van der Waals surface area contributed by atoms with E-state index in [2.05, 4.69) is 0 Å². The second-order valence-electron chi connectivity index (χ2n) is 3.42. The van der Waals surface area contributed by atoms with E-state index in [0.29, 0.717) is 30.3 Å². The van der Waals surface area contributed by atoms with E-state index in [-0.39, 0.29) is 0 Å². The zero-order valence-corrected chi connectivity index (χ0v) is 10.4. The molecule has 98 valence electrons. The normalized spacial score (nSPS) is 10.6. The Bertz CT molecular complexity index is 425. The van der Waals surface area contributed by atoms with Crippen molar-refractivity contribution < 1.29 is 24.1 Å². The van der Waals surface area contributed by atoms with E-state index >= 15 is 0 Å². The molecule has 0 atom stereocenters. The van der Waals surface area contributed by atoms with E-state index in [9.17, 15) is 4.79 Å². The smallest absolute Gasteiger partial charge is 0.328 e. The van der Waals surface area contributed by atoms with Crippen molar-refractivity contribution in [2.45, 2.75) is 0 Å². The summed E-state index contributed by atoms with van der Waals surface area (Å²) in [7, 11) is 3.13. The van der Waals surface area contributed by atoms with Gasteiger partial charge >= 0.3 is 5.97 Å². The second-order valence-corrected chi connectivity index (χ2v) is 3.42. The Kier molecular flexibility index (Phi) is 5.73. The molecule has 0 aliphatic rings. The summed E-state index contributed by atoms with van der Waals surface area (Å²) < 4.78 is 15.5. The van der Waals surface area contributed by atoms with Gasteiger partial charge in [-0.25, -0.2) is 4.79 Å². The number of hydrogen-bond donors (Lipinski definition) is 1. The molecule has 0 amide bonds. The molecular formula is C13H16O5. The Morgan fingerprint density at radius 3 is 2.72 bits per heavy atom. The molecule has 0 saturated carbocycles. The molecule has 0 aromatic heterocycles. The molecule has 18 heavy (non-hydrogen) atoms. The first-order valence-corrected chi connectivity index (χ1v) is 5.38. The first-order chi connectivity index (χ1) is 8.67. The highest BCUT2D eigenvalue weighted by Gasteiger charge is 2.04. The highest BCUT2D eigenvalue weighted by Crippen LogP contribution is 2.25. The Labute approximate surface area is 106 Å². The number of hydrogen-bond acceptors (Lipinski definition) is 4. The van der Waals surface area contributed by atoms with E-state index in [1.54, 1.807) is 32.4 Å². The van der Waals surface area contributed by atoms with Crippen molar-refractivity contribution in [1.29, 1.82) is 0 Å². The third-order valence-electron chi connectivity index (χ3n) is 2.17. The van der Waals surface area contributed by atoms with Crippen molar-refractivity contribution in [2.24, 2.45) is 0 Å². The number of benzene rings is 1. The molecule has 1 N–H and O–H groups in total. The number of carboxylic acid groups (broad SMARTS) is 1. The van der Waals surface area contributed by atoms with Gasteiger partial charge in [-0.1, -0.05) is 0 Å². The molecule has 0 unspecified atom stereocenters. The SMILES string of the molecule is COCCOc1ccc(OC)cc1/C=C/C(=O)O. The zero-order valence-electron chi connectivity index (χ0n) is 10.4. The Morgan fingerprint density at radius 1 is 1.33 bits per heavy atom. The van der Waals surface area contributed by atoms with Gasteiger partial charge in [-0.3, -0.25) is 0 Å². The van der Waals surface area contributed by atoms with E-state index in [0.717, 1.165) is 6.08 Å². The van der Waals surface area contributed by atoms with Crippen LogP contribution in [0, 0.1) is 0 Å². The number of ether oxygens (including phenoxy) is 3. The fraction of sp³-hybridized carbons (Fsp3) is 0.308. The minimum Gasteiger partial charge on any atom is -0.497 e. The topological polar surface area (TPSA) is 65.0 Å². The quantitative estimate of drug-likeness (QED) is 0.592. The summed E-state index contributed by atoms with van der Waals surface area (Å²) in [4.78, 5) is 10.5. The van der Waals surface area contributed by atoms with E-state index in [1.807, 2.05) is 0 Å². The highest BCUT2D eigenvalue weighted by molar-refractivity contribution is 5.86. The largest absolute Gasteiger partial charge is 0.497 e. The van der Waals surface area contributed by atoms with Crippen molar-refractivity contribution in [3.8, 4) is 11.5 Å². The minimum atomic E-state index is -1.01. The maximum absolute atomic E-state index is 10.5. The molecule has 1 aromatic rings. The van der Waals surface area contributed by atoms with Crippen LogP contribution in [0.3, 0.4) is 0 Å². The summed E-state index contributed by atoms with van der Waals surface area (Å²) in [5, 5.41) is 8.63. The average molecular weight is 252 g/mol. The van der Waals surface area contributed by atoms with Crippen LogP contribution in [0.25, 0.3) is 6.08 Å². The van der Waals surface area contributed by atoms with Gasteiger partial charge in [0, 0.05) is 18.7 Å². The third kappa shape index (κ3) is 4.47. The van der Waals surface area contributed by atoms with Crippen molar-refractivity contribution in [1.82, 2.24) is 0 Å². The Morgan fingerprint density at radius 2 is 2.11 bits per heavy atom. The molecule has 0 aliphatic heterocycles. The maximum Gasteiger partial charge on any atom is 0.328 e. The van der Waals surface area contributed by atoms with Crippen LogP contribution in [-0.4, -0.2) is 38.5 Å². The maximum atomic E-state index is 10.5. The predicted molar refractivity (Wildman–Crippen MR) is 67.0 cm³/mol. The molecule has 0 saturated heterocycles. The molecule has 1 aromatic carbocycles. The van der Waals surface area contributed by atoms with Crippen LogP contribution in [0.1, 0.15) is 5.56 Å². The molecule has 0 spiro atoms. The Balaban J connectivity index is 2.89. The fourth-order valence-electron chi connectivity index (χ4n) is 1.31. The van der Waals surface area contributed by atoms with Gasteiger partial charge in [-0.15, -0.1) is 0 Å². The van der Waals surface area contributed by atoms with Crippen molar-refractivity contribution in [3.63, 3.8) is 0 Å². The van der Waals surface area contributed by atoms with Gasteiger partial charge in [-0.05, 0) is 24.3 Å². The van der Waals surface area contributed by atoms with Crippen LogP contribution in [-0.2, 0) is 9.53 Å². The molecule has 0 radical (unpaired) electrons. The van der Waals surface area contributed by atoms with Gasteiger partial charge in [0.1, 0.15) is 18.1 Å². The summed E-state index contributed by atoms with van der Waals surface area (Å²) in [6.07, 6.45) is 2.52. The van der Waals surface area contributed by atoms with Crippen molar-refractivity contribution in [2.75, 3.05) is 27.4 Å². The summed E-state index contributed by atoms with van der Waals surface area (Å²) in [6, 6.07) is 5.19. The van der Waals surface area contributed by atoms with Gasteiger partial charge in [0.15, 0.2) is 0 Å². The predicted octanol–water partition coefficient (Wildman–Crippen LogP) is 1.82. The molecule has 0 fully saturated rings. The van der Waals surface area contributed by atoms with E-state index in [4.69, 9.17) is 19.3 Å². The summed E-state index contributed by atoms with van der Waals surface area (Å²) >= 11 is 0. The fourth-order valence-corrected chi connectivity index (χ4v) is 1.31. The number of methoxy groups -OCH3 is 2. The number of carbonyl (C=O) groups is 1. The van der Waals surface area contributed by atoms with Gasteiger partial charge in [0.05, 0.1) is 13.7 Å². The molecule has 0 heterocycles. The van der Waals surface area contributed by atoms with Crippen molar-refractivity contribution >= 4 is 12.0 Å². The lowest BCUT2D eigenvalue weighted by Crippen LogP contribution is -2.05. The lowest BCUT2D eigenvalue weighted by Gasteiger charge is -2.10. The molecule has 5 heteroatoms. The third-order valence-corrected chi connectivity index (χ3v) is 2.17. The van der Waals surface area contributed by atoms with Crippen LogP contribution >= 0.6 is 0 Å². The summed E-state index contributed by atoms with van der Waals surface area (Å²) in [5.41, 5.74) is 0.646. The second kappa shape index (κ2) is 7.34. The first-order valence-electron chi connectivity index (χ1n) is 5.38. The number of aliphatic carboxylic acids is 1. The Hall–Kier alpha value is -2.01. The van der Waals surface area contributed by atoms with Gasteiger partial charge in [0.25, 0.3) is 0 Å². The van der Waals surface area contributed by atoms with Crippen LogP contribution < -0.4 is 9.47 Å². The van der Waals surface area contributed by atoms with Crippen LogP contribution in [0.5, 0.6) is 11.5 Å². The number of rotatable bonds is 7. The zero-order chi connectivity index (χ0) is 13.4. The number of carboxylic acids is 1. The van der Waals surface area contributed by atoms with Crippen molar-refractivity contribution in [3.05, 3.63) is 29.8 Å². The van der Waals surface area contributed by atoms with Crippen LogP contribution in [0.2, 0.25) is 0 Å². The average Bonchev–Trinajstić information content (AvgIpc) is 2.37. The molecule has 5 nitrogen and oxygen atoms in total. The van der Waals surface area contributed by atoms with Gasteiger partial charge in [0.2, 0.25) is 0 Å². The van der Waals surface area contributed by atoms with Crippen LogP contribution in [0.4, 0.5) is 0 Å². The van der Waals surface area contributed by atoms with E-state index in [1.165, 1.54) is 6.08 Å². The van der Waals surface area contributed by atoms with E-state index < -0.39 is 5.97 Å². The molecule has 1 rings (SSSR count). The molecule has 0 aliphatic carbocycles. The summed E-state index contributed by atoms with van der Waals surface area (Å²) in [6.45, 7) is 0.866. The highest BCUT2D eigenvalue weighted by atomic mass is 16.5. The first kappa shape index (κ1) is 14.1. The lowest BCUT2D eigenvalue weighted by molar-refractivity contribution is -0.131. The van der Waals surface area contributed by atoms with Gasteiger partial charge in [-0.2, -0.15) is 0 Å². The van der Waals surface area contributed by atoms with Gasteiger partial charge < -0.3 is 19.3 Å². The summed E-state index contributed by atoms with van der Waals surface area (Å²) in [5.74, 6) is 0.213. The molecule has 0 bridgehead atoms. The monoisotopic (exact) mass is 252 g/mol. The lowest BCUT2D eigenvalue weighted by atomic mass is 10.1. The van der Waals surface area contributed by atoms with Crippen LogP contribution in [0.15, 0.2) is 24.3 Å².